The van der Waals surface area contributed by atoms with Gasteiger partial charge in [0.25, 0.3) is 0 Å². The van der Waals surface area contributed by atoms with E-state index in [4.69, 9.17) is 16.3 Å². The normalized spacial score (nSPS) is 13.8. The van der Waals surface area contributed by atoms with Crippen molar-refractivity contribution in [3.05, 3.63) is 41.3 Å². The molecule has 1 aliphatic rings. The van der Waals surface area contributed by atoms with Gasteiger partial charge in [0.1, 0.15) is 24.0 Å². The van der Waals surface area contributed by atoms with Crippen molar-refractivity contribution >= 4 is 17.4 Å². The molecule has 0 atom stereocenters. The molecule has 0 unspecified atom stereocenters. The summed E-state index contributed by atoms with van der Waals surface area (Å²) in [5.74, 6) is 2.69. The smallest absolute Gasteiger partial charge is 0.148 e. The Morgan fingerprint density at radius 1 is 1.39 bits per heavy atom. The summed E-state index contributed by atoms with van der Waals surface area (Å²) < 4.78 is 7.86. The summed E-state index contributed by atoms with van der Waals surface area (Å²) >= 11 is 6.04. The van der Waals surface area contributed by atoms with Crippen LogP contribution in [-0.4, -0.2) is 16.1 Å². The number of benzene rings is 1. The van der Waals surface area contributed by atoms with E-state index < -0.39 is 0 Å². The van der Waals surface area contributed by atoms with E-state index in [1.165, 1.54) is 0 Å². The van der Waals surface area contributed by atoms with Crippen molar-refractivity contribution in [1.29, 1.82) is 0 Å². The lowest BCUT2D eigenvalue weighted by Gasteiger charge is -2.18. The van der Waals surface area contributed by atoms with Gasteiger partial charge in [0.2, 0.25) is 0 Å². The second kappa shape index (κ2) is 4.90. The molecule has 2 aromatic rings. The van der Waals surface area contributed by atoms with Gasteiger partial charge in [0.15, 0.2) is 0 Å². The van der Waals surface area contributed by atoms with Gasteiger partial charge in [-0.15, -0.1) is 0 Å². The van der Waals surface area contributed by atoms with Crippen molar-refractivity contribution in [2.45, 2.75) is 19.6 Å². The average Bonchev–Trinajstić information content (AvgIpc) is 2.81. The Morgan fingerprint density at radius 3 is 3.17 bits per heavy atom. The van der Waals surface area contributed by atoms with E-state index >= 15 is 0 Å². The van der Waals surface area contributed by atoms with Crippen LogP contribution in [0.2, 0.25) is 5.02 Å². The molecule has 1 aromatic carbocycles. The minimum absolute atomic E-state index is 0.436. The molecule has 0 bridgehead atoms. The highest BCUT2D eigenvalue weighted by Crippen LogP contribution is 2.24. The van der Waals surface area contributed by atoms with Gasteiger partial charge in [-0.3, -0.25) is 0 Å². The predicted molar refractivity (Wildman–Crippen MR) is 71.1 cm³/mol. The number of ether oxygens (including phenoxy) is 1. The van der Waals surface area contributed by atoms with Gasteiger partial charge in [-0.2, -0.15) is 0 Å². The molecule has 2 heterocycles. The van der Waals surface area contributed by atoms with Crippen LogP contribution in [0.5, 0.6) is 5.75 Å². The van der Waals surface area contributed by atoms with Gasteiger partial charge in [0.05, 0.1) is 11.2 Å². The number of hydrogen-bond acceptors (Lipinski definition) is 3. The highest BCUT2D eigenvalue weighted by atomic mass is 35.5. The molecule has 0 saturated heterocycles. The van der Waals surface area contributed by atoms with Gasteiger partial charge in [-0.1, -0.05) is 23.7 Å². The molecule has 18 heavy (non-hydrogen) atoms. The molecule has 5 heteroatoms. The number of aromatic nitrogens is 2. The molecule has 0 spiro atoms. The van der Waals surface area contributed by atoms with Crippen LogP contribution < -0.4 is 10.1 Å². The first kappa shape index (κ1) is 11.4. The summed E-state index contributed by atoms with van der Waals surface area (Å²) in [7, 11) is 0. The van der Waals surface area contributed by atoms with Crippen molar-refractivity contribution in [1.82, 2.24) is 9.55 Å². The monoisotopic (exact) mass is 263 g/mol. The van der Waals surface area contributed by atoms with Gasteiger partial charge >= 0.3 is 0 Å². The van der Waals surface area contributed by atoms with Gasteiger partial charge in [-0.25, -0.2) is 4.98 Å². The lowest BCUT2D eigenvalue weighted by Crippen LogP contribution is -2.19. The molecule has 1 N–H and O–H groups in total. The topological polar surface area (TPSA) is 39.1 Å². The molecule has 1 aromatic heterocycles. The summed E-state index contributed by atoms with van der Waals surface area (Å²) in [5.41, 5.74) is 0. The lowest BCUT2D eigenvalue weighted by molar-refractivity contribution is 0.289. The molecule has 0 aliphatic carbocycles. The zero-order valence-corrected chi connectivity index (χ0v) is 10.7. The zero-order valence-electron chi connectivity index (χ0n) is 9.90. The fourth-order valence-electron chi connectivity index (χ4n) is 2.08. The molecule has 0 amide bonds. The van der Waals surface area contributed by atoms with Gasteiger partial charge in [-0.05, 0) is 18.6 Å². The van der Waals surface area contributed by atoms with Crippen LogP contribution in [0.15, 0.2) is 30.5 Å². The van der Waals surface area contributed by atoms with E-state index in [0.717, 1.165) is 31.2 Å². The van der Waals surface area contributed by atoms with Crippen LogP contribution in [0, 0.1) is 0 Å². The Kier molecular flexibility index (Phi) is 3.11. The number of anilines is 1. The number of nitrogens with zero attached hydrogens (tertiary/aromatic N) is 2. The second-order valence-corrected chi connectivity index (χ2v) is 4.62. The van der Waals surface area contributed by atoms with E-state index in [1.807, 2.05) is 30.5 Å². The van der Waals surface area contributed by atoms with E-state index in [2.05, 4.69) is 14.9 Å². The van der Waals surface area contributed by atoms with Crippen LogP contribution >= 0.6 is 11.6 Å². The third-order valence-corrected chi connectivity index (χ3v) is 3.31. The first-order chi connectivity index (χ1) is 8.84. The van der Waals surface area contributed by atoms with Crippen LogP contribution in [0.25, 0.3) is 0 Å². The third-order valence-electron chi connectivity index (χ3n) is 3.00. The van der Waals surface area contributed by atoms with E-state index in [9.17, 15) is 0 Å². The van der Waals surface area contributed by atoms with Crippen molar-refractivity contribution in [3.63, 3.8) is 0 Å². The lowest BCUT2D eigenvalue weighted by atomic mass is 10.3. The minimum Gasteiger partial charge on any atom is -0.484 e. The third kappa shape index (κ3) is 2.16. The molecule has 4 nitrogen and oxygen atoms in total. The second-order valence-electron chi connectivity index (χ2n) is 4.21. The number of nitrogens with one attached hydrogen (secondary N) is 1. The largest absolute Gasteiger partial charge is 0.484 e. The summed E-state index contributed by atoms with van der Waals surface area (Å²) in [4.78, 5) is 4.37. The molecule has 0 radical (unpaired) electrons. The summed E-state index contributed by atoms with van der Waals surface area (Å²) in [6.07, 6.45) is 2.97. The van der Waals surface area contributed by atoms with E-state index in [-0.39, 0.29) is 0 Å². The molecule has 1 aliphatic heterocycles. The van der Waals surface area contributed by atoms with Crippen LogP contribution in [0.4, 0.5) is 5.82 Å². The number of fused-ring (bicyclic) bond motifs is 1. The first-order valence-corrected chi connectivity index (χ1v) is 6.38. The number of rotatable bonds is 3. The number of para-hydroxylation sites is 1. The van der Waals surface area contributed by atoms with Crippen molar-refractivity contribution in [3.8, 4) is 5.75 Å². The quantitative estimate of drug-likeness (QED) is 0.925. The summed E-state index contributed by atoms with van der Waals surface area (Å²) in [5, 5.41) is 3.94. The first-order valence-electron chi connectivity index (χ1n) is 6.00. The Hall–Kier alpha value is -1.68. The Labute approximate surface area is 111 Å². The number of hydrogen-bond donors (Lipinski definition) is 1. The maximum Gasteiger partial charge on any atom is 0.148 e. The van der Waals surface area contributed by atoms with Gasteiger partial charge < -0.3 is 14.6 Å². The van der Waals surface area contributed by atoms with Crippen molar-refractivity contribution in [2.24, 2.45) is 0 Å². The number of imidazole rings is 1. The Balaban J connectivity index is 1.74. The van der Waals surface area contributed by atoms with E-state index in [0.29, 0.717) is 17.4 Å². The van der Waals surface area contributed by atoms with Crippen molar-refractivity contribution < 1.29 is 4.74 Å². The highest BCUT2D eigenvalue weighted by Gasteiger charge is 2.13. The predicted octanol–water partition coefficient (Wildman–Crippen LogP) is 2.93. The fraction of sp³-hybridized carbons (Fsp3) is 0.308. The molecule has 0 fully saturated rings. The van der Waals surface area contributed by atoms with Crippen LogP contribution in [-0.2, 0) is 13.2 Å². The average molecular weight is 264 g/mol. The van der Waals surface area contributed by atoms with Gasteiger partial charge in [0, 0.05) is 13.1 Å². The SMILES string of the molecule is Clc1ccccc1OCc1ncc2n1CCCN2. The standard InChI is InChI=1S/C13H14ClN3O/c14-10-4-1-2-5-11(10)18-9-13-16-8-12-15-6-3-7-17(12)13/h1-2,4-5,8,15H,3,6-7,9H2. The Bertz CT molecular complexity index is 553. The van der Waals surface area contributed by atoms with Crippen LogP contribution in [0.1, 0.15) is 12.2 Å². The molecule has 94 valence electrons. The minimum atomic E-state index is 0.436. The fourth-order valence-corrected chi connectivity index (χ4v) is 2.27. The molecular formula is C13H14ClN3O. The highest BCUT2D eigenvalue weighted by molar-refractivity contribution is 6.32. The molecule has 3 rings (SSSR count). The van der Waals surface area contributed by atoms with Crippen LogP contribution in [0.3, 0.4) is 0 Å². The number of halogens is 1. The zero-order chi connectivity index (χ0) is 12.4. The maximum absolute atomic E-state index is 6.04. The summed E-state index contributed by atoms with van der Waals surface area (Å²) in [6, 6.07) is 7.47. The summed E-state index contributed by atoms with van der Waals surface area (Å²) in [6.45, 7) is 2.44. The maximum atomic E-state index is 6.04. The van der Waals surface area contributed by atoms with Crippen molar-refractivity contribution in [2.75, 3.05) is 11.9 Å². The Morgan fingerprint density at radius 2 is 2.28 bits per heavy atom. The molecule has 0 saturated carbocycles. The molecular weight excluding hydrogens is 250 g/mol. The van der Waals surface area contributed by atoms with E-state index in [1.54, 1.807) is 0 Å².